The fourth-order valence-corrected chi connectivity index (χ4v) is 3.00. The van der Waals surface area contributed by atoms with Crippen LogP contribution in [0.4, 0.5) is 0 Å². The van der Waals surface area contributed by atoms with E-state index in [1.165, 1.54) is 5.56 Å². The van der Waals surface area contributed by atoms with Crippen molar-refractivity contribution in [1.29, 1.82) is 0 Å². The number of carbonyl (C=O) groups excluding carboxylic acids is 1. The van der Waals surface area contributed by atoms with Gasteiger partial charge in [0.15, 0.2) is 0 Å². The van der Waals surface area contributed by atoms with Crippen LogP contribution >= 0.6 is 0 Å². The molecule has 1 aromatic heterocycles. The maximum atomic E-state index is 12.0. The molecule has 0 unspecified atom stereocenters. The highest BCUT2D eigenvalue weighted by Gasteiger charge is 2.24. The first-order chi connectivity index (χ1) is 11.8. The number of hydrogen-bond donors (Lipinski definition) is 1. The molecule has 1 N–H and O–H groups in total. The second kappa shape index (κ2) is 6.87. The lowest BCUT2D eigenvalue weighted by atomic mass is 9.92. The van der Waals surface area contributed by atoms with Crippen LogP contribution in [0.15, 0.2) is 36.5 Å². The summed E-state index contributed by atoms with van der Waals surface area (Å²) in [4.78, 5) is 16.5. The van der Waals surface area contributed by atoms with E-state index >= 15 is 0 Å². The van der Waals surface area contributed by atoms with Crippen molar-refractivity contribution >= 4 is 5.91 Å². The van der Waals surface area contributed by atoms with Crippen LogP contribution in [0, 0.1) is 12.3 Å². The van der Waals surface area contributed by atoms with E-state index in [1.54, 1.807) is 0 Å². The lowest BCUT2D eigenvalue weighted by molar-refractivity contribution is -0.123. The Morgan fingerprint density at radius 3 is 2.76 bits per heavy atom. The molecule has 0 aliphatic carbocycles. The molecule has 2 aromatic rings. The molecule has 2 heterocycles. The summed E-state index contributed by atoms with van der Waals surface area (Å²) >= 11 is 0. The predicted molar refractivity (Wildman–Crippen MR) is 99.6 cm³/mol. The predicted octanol–water partition coefficient (Wildman–Crippen LogP) is 3.91. The van der Waals surface area contributed by atoms with Gasteiger partial charge >= 0.3 is 0 Å². The van der Waals surface area contributed by atoms with Gasteiger partial charge in [-0.15, -0.1) is 0 Å². The van der Waals surface area contributed by atoms with E-state index in [2.05, 4.69) is 43.2 Å². The third kappa shape index (κ3) is 4.59. The zero-order valence-corrected chi connectivity index (χ0v) is 15.4. The second-order valence-corrected chi connectivity index (χ2v) is 8.03. The van der Waals surface area contributed by atoms with Gasteiger partial charge in [0.2, 0.25) is 5.91 Å². The largest absolute Gasteiger partial charge is 0.488 e. The number of amides is 1. The standard InChI is InChI=1S/C21H26N2O2/c1-14-5-7-18(22-12-14)15-6-8-19-16(9-15)10-17(25-19)13-23-20(24)11-21(2,3)4/h5-9,12,17H,10-11,13H2,1-4H3,(H,23,24)/t17-/m1/s1. The molecule has 4 heteroatoms. The first-order valence-electron chi connectivity index (χ1n) is 8.79. The van der Waals surface area contributed by atoms with Crippen molar-refractivity contribution in [2.45, 2.75) is 46.6 Å². The highest BCUT2D eigenvalue weighted by atomic mass is 16.5. The van der Waals surface area contributed by atoms with Gasteiger partial charge in [-0.3, -0.25) is 9.78 Å². The summed E-state index contributed by atoms with van der Waals surface area (Å²) in [7, 11) is 0. The van der Waals surface area contributed by atoms with Crippen LogP contribution in [0.3, 0.4) is 0 Å². The zero-order chi connectivity index (χ0) is 18.0. The molecule has 1 atom stereocenters. The minimum absolute atomic E-state index is 0.000135. The van der Waals surface area contributed by atoms with E-state index in [-0.39, 0.29) is 17.4 Å². The van der Waals surface area contributed by atoms with Crippen LogP contribution in [0.5, 0.6) is 5.75 Å². The number of ether oxygens (including phenoxy) is 1. The van der Waals surface area contributed by atoms with Crippen LogP contribution in [0.1, 0.15) is 38.3 Å². The van der Waals surface area contributed by atoms with Gasteiger partial charge in [0.05, 0.1) is 12.2 Å². The molecule has 0 saturated carbocycles. The van der Waals surface area contributed by atoms with Crippen molar-refractivity contribution in [1.82, 2.24) is 10.3 Å². The Bertz CT molecular complexity index is 760. The van der Waals surface area contributed by atoms with Crippen molar-refractivity contribution < 1.29 is 9.53 Å². The van der Waals surface area contributed by atoms with E-state index < -0.39 is 0 Å². The van der Waals surface area contributed by atoms with E-state index in [4.69, 9.17) is 4.74 Å². The molecule has 1 aromatic carbocycles. The van der Waals surface area contributed by atoms with Crippen LogP contribution < -0.4 is 10.1 Å². The molecule has 1 amide bonds. The Morgan fingerprint density at radius 2 is 2.08 bits per heavy atom. The fraction of sp³-hybridized carbons (Fsp3) is 0.429. The zero-order valence-electron chi connectivity index (χ0n) is 15.4. The Balaban J connectivity index is 1.61. The summed E-state index contributed by atoms with van der Waals surface area (Å²) in [5.74, 6) is 0.988. The Kier molecular flexibility index (Phi) is 4.80. The van der Waals surface area contributed by atoms with Gasteiger partial charge in [-0.25, -0.2) is 0 Å². The number of pyridine rings is 1. The molecule has 0 bridgehead atoms. The summed E-state index contributed by atoms with van der Waals surface area (Å²) in [6.45, 7) is 8.77. The number of aromatic nitrogens is 1. The number of benzene rings is 1. The number of hydrogen-bond acceptors (Lipinski definition) is 3. The average molecular weight is 338 g/mol. The minimum atomic E-state index is -0.000477. The van der Waals surface area contributed by atoms with E-state index in [0.29, 0.717) is 13.0 Å². The molecule has 132 valence electrons. The van der Waals surface area contributed by atoms with Crippen LogP contribution in [-0.4, -0.2) is 23.5 Å². The van der Waals surface area contributed by atoms with Crippen molar-refractivity contribution in [2.24, 2.45) is 5.41 Å². The molecule has 0 radical (unpaired) electrons. The van der Waals surface area contributed by atoms with Gasteiger partial charge in [-0.1, -0.05) is 26.8 Å². The Hall–Kier alpha value is -2.36. The summed E-state index contributed by atoms with van der Waals surface area (Å²) in [5, 5.41) is 2.99. The lowest BCUT2D eigenvalue weighted by Crippen LogP contribution is -2.36. The van der Waals surface area contributed by atoms with Gasteiger partial charge in [-0.2, -0.15) is 0 Å². The molecule has 0 saturated heterocycles. The number of fused-ring (bicyclic) bond motifs is 1. The maximum absolute atomic E-state index is 12.0. The van der Waals surface area contributed by atoms with E-state index in [1.807, 2.05) is 31.3 Å². The minimum Gasteiger partial charge on any atom is -0.488 e. The van der Waals surface area contributed by atoms with E-state index in [9.17, 15) is 4.79 Å². The number of nitrogens with one attached hydrogen (secondary N) is 1. The molecule has 25 heavy (non-hydrogen) atoms. The third-order valence-corrected chi connectivity index (χ3v) is 4.23. The normalized spacial score (nSPS) is 16.2. The molecular weight excluding hydrogens is 312 g/mol. The Labute approximate surface area is 149 Å². The first kappa shape index (κ1) is 17.5. The molecule has 1 aliphatic heterocycles. The molecule has 0 spiro atoms. The maximum Gasteiger partial charge on any atom is 0.220 e. The monoisotopic (exact) mass is 338 g/mol. The highest BCUT2D eigenvalue weighted by Crippen LogP contribution is 2.32. The topological polar surface area (TPSA) is 51.2 Å². The van der Waals surface area contributed by atoms with Crippen molar-refractivity contribution in [3.8, 4) is 17.0 Å². The third-order valence-electron chi connectivity index (χ3n) is 4.23. The van der Waals surface area contributed by atoms with Crippen molar-refractivity contribution in [3.63, 3.8) is 0 Å². The molecule has 0 fully saturated rings. The van der Waals surface area contributed by atoms with Crippen molar-refractivity contribution in [2.75, 3.05) is 6.54 Å². The smallest absolute Gasteiger partial charge is 0.220 e. The lowest BCUT2D eigenvalue weighted by Gasteiger charge is -2.18. The second-order valence-electron chi connectivity index (χ2n) is 8.03. The first-order valence-corrected chi connectivity index (χ1v) is 8.79. The van der Waals surface area contributed by atoms with Gasteiger partial charge in [0, 0.05) is 24.6 Å². The number of nitrogens with zero attached hydrogens (tertiary/aromatic N) is 1. The van der Waals surface area contributed by atoms with Gasteiger partial charge in [-0.05, 0) is 47.7 Å². The Morgan fingerprint density at radius 1 is 1.28 bits per heavy atom. The number of rotatable bonds is 4. The molecular formula is C21H26N2O2. The summed E-state index contributed by atoms with van der Waals surface area (Å²) < 4.78 is 5.96. The highest BCUT2D eigenvalue weighted by molar-refractivity contribution is 5.76. The van der Waals surface area contributed by atoms with Crippen LogP contribution in [0.2, 0.25) is 0 Å². The van der Waals surface area contributed by atoms with Gasteiger partial charge in [0.1, 0.15) is 11.9 Å². The van der Waals surface area contributed by atoms with Gasteiger partial charge in [0.25, 0.3) is 0 Å². The summed E-state index contributed by atoms with van der Waals surface area (Å²) in [6, 6.07) is 10.3. The van der Waals surface area contributed by atoms with Gasteiger partial charge < -0.3 is 10.1 Å². The molecule has 3 rings (SSSR count). The summed E-state index contributed by atoms with van der Waals surface area (Å²) in [6.07, 6.45) is 3.22. The van der Waals surface area contributed by atoms with E-state index in [0.717, 1.165) is 29.0 Å². The van der Waals surface area contributed by atoms with Crippen LogP contribution in [0.25, 0.3) is 11.3 Å². The fourth-order valence-electron chi connectivity index (χ4n) is 3.00. The molecule has 1 aliphatic rings. The van der Waals surface area contributed by atoms with Crippen LogP contribution in [-0.2, 0) is 11.2 Å². The quantitative estimate of drug-likeness (QED) is 0.919. The molecule has 4 nitrogen and oxygen atoms in total. The number of aryl methyl sites for hydroxylation is 1. The average Bonchev–Trinajstić information content (AvgIpc) is 2.94. The summed E-state index contributed by atoms with van der Waals surface area (Å²) in [5.41, 5.74) is 4.39. The number of carbonyl (C=O) groups is 1. The SMILES string of the molecule is Cc1ccc(-c2ccc3c(c2)C[C@H](CNC(=O)CC(C)(C)C)O3)nc1. The van der Waals surface area contributed by atoms with Crippen molar-refractivity contribution in [3.05, 3.63) is 47.7 Å².